The number of carbonyl (C=O) groups is 1. The highest BCUT2D eigenvalue weighted by atomic mass is 16.2. The summed E-state index contributed by atoms with van der Waals surface area (Å²) in [6, 6.07) is -0.156. The molecule has 1 rings (SSSR count). The monoisotopic (exact) mass is 213 g/mol. The Labute approximate surface area is 91.8 Å². The van der Waals surface area contributed by atoms with Gasteiger partial charge in [0.05, 0.1) is 6.04 Å². The fourth-order valence-electron chi connectivity index (χ4n) is 2.09. The van der Waals surface area contributed by atoms with Gasteiger partial charge in [0.15, 0.2) is 0 Å². The average Bonchev–Trinajstić information content (AvgIpc) is 2.63. The number of rotatable bonds is 4. The first-order chi connectivity index (χ1) is 7.06. The van der Waals surface area contributed by atoms with E-state index < -0.39 is 6.04 Å². The molecule has 0 radical (unpaired) electrons. The Morgan fingerprint density at radius 3 is 2.67 bits per heavy atom. The van der Waals surface area contributed by atoms with Crippen LogP contribution in [0.3, 0.4) is 0 Å². The molecule has 1 aliphatic rings. The summed E-state index contributed by atoms with van der Waals surface area (Å²) < 4.78 is 0. The first-order valence-corrected chi connectivity index (χ1v) is 5.82. The van der Waals surface area contributed by atoms with Gasteiger partial charge in [0.1, 0.15) is 0 Å². The van der Waals surface area contributed by atoms with E-state index in [2.05, 4.69) is 5.32 Å². The average molecular weight is 213 g/mol. The normalized spacial score (nSPS) is 28.1. The van der Waals surface area contributed by atoms with E-state index in [1.165, 1.54) is 0 Å². The minimum Gasteiger partial charge on any atom is -0.352 e. The van der Waals surface area contributed by atoms with Crippen molar-refractivity contribution in [2.24, 2.45) is 23.3 Å². The number of amides is 1. The van der Waals surface area contributed by atoms with Crippen LogP contribution in [0.15, 0.2) is 0 Å². The van der Waals surface area contributed by atoms with Crippen molar-refractivity contribution in [3.05, 3.63) is 0 Å². The molecular formula is C11H23N3O. The number of hydrogen-bond donors (Lipinski definition) is 3. The third-order valence-corrected chi connectivity index (χ3v) is 3.31. The van der Waals surface area contributed by atoms with Gasteiger partial charge in [-0.05, 0) is 31.2 Å². The molecular weight excluding hydrogens is 190 g/mol. The predicted molar refractivity (Wildman–Crippen MR) is 61.1 cm³/mol. The third kappa shape index (κ3) is 3.18. The van der Waals surface area contributed by atoms with E-state index in [-0.39, 0.29) is 17.9 Å². The fourth-order valence-corrected chi connectivity index (χ4v) is 2.09. The first kappa shape index (κ1) is 12.5. The summed E-state index contributed by atoms with van der Waals surface area (Å²) in [5.41, 5.74) is 11.4. The predicted octanol–water partition coefficient (Wildman–Crippen LogP) is 0.213. The van der Waals surface area contributed by atoms with Crippen LogP contribution in [0.4, 0.5) is 0 Å². The van der Waals surface area contributed by atoms with Gasteiger partial charge in [-0.1, -0.05) is 20.3 Å². The Morgan fingerprint density at radius 2 is 2.13 bits per heavy atom. The molecule has 0 heterocycles. The summed E-state index contributed by atoms with van der Waals surface area (Å²) in [6.07, 6.45) is 3.32. The second-order valence-electron chi connectivity index (χ2n) is 4.81. The summed E-state index contributed by atoms with van der Waals surface area (Å²) in [5.74, 6) is 0.589. The van der Waals surface area contributed by atoms with Crippen molar-refractivity contribution in [3.8, 4) is 0 Å². The molecule has 0 saturated heterocycles. The molecule has 0 aromatic rings. The zero-order valence-corrected chi connectivity index (χ0v) is 9.70. The Morgan fingerprint density at radius 1 is 1.47 bits per heavy atom. The molecule has 1 amide bonds. The maximum absolute atomic E-state index is 11.7. The molecule has 0 aliphatic heterocycles. The highest BCUT2D eigenvalue weighted by Gasteiger charge is 2.29. The lowest BCUT2D eigenvalue weighted by atomic mass is 10.0. The molecule has 1 saturated carbocycles. The molecule has 88 valence electrons. The molecule has 4 heteroatoms. The molecule has 2 unspecified atom stereocenters. The van der Waals surface area contributed by atoms with E-state index in [1.54, 1.807) is 0 Å². The van der Waals surface area contributed by atoms with E-state index in [1.807, 2.05) is 13.8 Å². The standard InChI is InChI=1S/C11H23N3O/c1-7(2)10(13)11(15)14-9-5-3-4-8(9)6-12/h7-10H,3-6,12-13H2,1-2H3,(H,14,15)/t8?,9?,10-/m1/s1. The van der Waals surface area contributed by atoms with Crippen molar-refractivity contribution in [3.63, 3.8) is 0 Å². The van der Waals surface area contributed by atoms with E-state index in [4.69, 9.17) is 11.5 Å². The van der Waals surface area contributed by atoms with E-state index in [0.29, 0.717) is 12.5 Å². The Bertz CT molecular complexity index is 218. The van der Waals surface area contributed by atoms with Crippen molar-refractivity contribution < 1.29 is 4.79 Å². The van der Waals surface area contributed by atoms with Gasteiger partial charge in [-0.3, -0.25) is 4.79 Å². The van der Waals surface area contributed by atoms with Gasteiger partial charge in [0.2, 0.25) is 5.91 Å². The SMILES string of the molecule is CC(C)[C@@H](N)C(=O)NC1CCCC1CN. The number of nitrogens with one attached hydrogen (secondary N) is 1. The summed E-state index contributed by atoms with van der Waals surface area (Å²) in [5, 5.41) is 3.02. The van der Waals surface area contributed by atoms with Gasteiger partial charge in [0, 0.05) is 6.04 Å². The van der Waals surface area contributed by atoms with Gasteiger partial charge in [-0.2, -0.15) is 0 Å². The van der Waals surface area contributed by atoms with Crippen LogP contribution in [0.25, 0.3) is 0 Å². The van der Waals surface area contributed by atoms with E-state index in [0.717, 1.165) is 19.3 Å². The largest absolute Gasteiger partial charge is 0.352 e. The van der Waals surface area contributed by atoms with Gasteiger partial charge in [-0.25, -0.2) is 0 Å². The number of carbonyl (C=O) groups excluding carboxylic acids is 1. The van der Waals surface area contributed by atoms with Crippen LogP contribution in [0, 0.1) is 11.8 Å². The minimum absolute atomic E-state index is 0.0321. The maximum atomic E-state index is 11.7. The maximum Gasteiger partial charge on any atom is 0.237 e. The second-order valence-corrected chi connectivity index (χ2v) is 4.81. The van der Waals surface area contributed by atoms with Crippen LogP contribution in [0.1, 0.15) is 33.1 Å². The lowest BCUT2D eigenvalue weighted by Gasteiger charge is -2.23. The molecule has 1 fully saturated rings. The highest BCUT2D eigenvalue weighted by Crippen LogP contribution is 2.24. The third-order valence-electron chi connectivity index (χ3n) is 3.31. The van der Waals surface area contributed by atoms with Crippen LogP contribution in [-0.4, -0.2) is 24.5 Å². The minimum atomic E-state index is -0.399. The van der Waals surface area contributed by atoms with Gasteiger partial charge in [-0.15, -0.1) is 0 Å². The van der Waals surface area contributed by atoms with Crippen LogP contribution >= 0.6 is 0 Å². The van der Waals surface area contributed by atoms with E-state index >= 15 is 0 Å². The van der Waals surface area contributed by atoms with Crippen molar-refractivity contribution in [1.82, 2.24) is 5.32 Å². The number of nitrogens with two attached hydrogens (primary N) is 2. The zero-order valence-electron chi connectivity index (χ0n) is 9.70. The zero-order chi connectivity index (χ0) is 11.4. The van der Waals surface area contributed by atoms with Gasteiger partial charge >= 0.3 is 0 Å². The molecule has 3 atom stereocenters. The van der Waals surface area contributed by atoms with Crippen LogP contribution < -0.4 is 16.8 Å². The molecule has 0 aromatic carbocycles. The summed E-state index contributed by atoms with van der Waals surface area (Å²) in [6.45, 7) is 4.57. The van der Waals surface area contributed by atoms with Gasteiger partial charge < -0.3 is 16.8 Å². The van der Waals surface area contributed by atoms with Crippen LogP contribution in [0.2, 0.25) is 0 Å². The van der Waals surface area contributed by atoms with Crippen molar-refractivity contribution in [1.29, 1.82) is 0 Å². The molecule has 0 spiro atoms. The lowest BCUT2D eigenvalue weighted by Crippen LogP contribution is -2.49. The van der Waals surface area contributed by atoms with Crippen molar-refractivity contribution in [2.75, 3.05) is 6.54 Å². The van der Waals surface area contributed by atoms with Crippen molar-refractivity contribution >= 4 is 5.91 Å². The Hall–Kier alpha value is -0.610. The first-order valence-electron chi connectivity index (χ1n) is 5.82. The quantitative estimate of drug-likeness (QED) is 0.624. The summed E-state index contributed by atoms with van der Waals surface area (Å²) >= 11 is 0. The Kier molecular flexibility index (Phi) is 4.54. The second kappa shape index (κ2) is 5.47. The smallest absolute Gasteiger partial charge is 0.237 e. The molecule has 0 aromatic heterocycles. The summed E-state index contributed by atoms with van der Waals surface area (Å²) in [7, 11) is 0. The van der Waals surface area contributed by atoms with E-state index in [9.17, 15) is 4.79 Å². The molecule has 0 bridgehead atoms. The van der Waals surface area contributed by atoms with Crippen LogP contribution in [0.5, 0.6) is 0 Å². The molecule has 15 heavy (non-hydrogen) atoms. The molecule has 4 nitrogen and oxygen atoms in total. The Balaban J connectivity index is 2.43. The van der Waals surface area contributed by atoms with Crippen molar-refractivity contribution in [2.45, 2.75) is 45.2 Å². The molecule has 1 aliphatic carbocycles. The fraction of sp³-hybridized carbons (Fsp3) is 0.909. The highest BCUT2D eigenvalue weighted by molar-refractivity contribution is 5.82. The lowest BCUT2D eigenvalue weighted by molar-refractivity contribution is -0.124. The van der Waals surface area contributed by atoms with Crippen LogP contribution in [-0.2, 0) is 4.79 Å². The number of hydrogen-bond acceptors (Lipinski definition) is 3. The topological polar surface area (TPSA) is 81.1 Å². The summed E-state index contributed by atoms with van der Waals surface area (Å²) in [4.78, 5) is 11.7. The van der Waals surface area contributed by atoms with Gasteiger partial charge in [0.25, 0.3) is 0 Å². The molecule has 5 N–H and O–H groups in total.